The molecule has 2 aromatic carbocycles. The van der Waals surface area contributed by atoms with Gasteiger partial charge >= 0.3 is 0 Å². The van der Waals surface area contributed by atoms with Crippen LogP contribution in [0.4, 0.5) is 5.69 Å². The van der Waals surface area contributed by atoms with Crippen LogP contribution in [0.2, 0.25) is 0 Å². The summed E-state index contributed by atoms with van der Waals surface area (Å²) in [7, 11) is 3.17. The fourth-order valence-electron chi connectivity index (χ4n) is 3.31. The summed E-state index contributed by atoms with van der Waals surface area (Å²) in [6.45, 7) is 1.77. The quantitative estimate of drug-likeness (QED) is 0.895. The van der Waals surface area contributed by atoms with E-state index in [2.05, 4.69) is 5.32 Å². The Hall–Kier alpha value is -3.02. The van der Waals surface area contributed by atoms with Gasteiger partial charge in [-0.15, -0.1) is 0 Å². The molecule has 26 heavy (non-hydrogen) atoms. The van der Waals surface area contributed by atoms with E-state index in [1.807, 2.05) is 30.3 Å². The maximum atomic E-state index is 12.8. The Morgan fingerprint density at radius 2 is 1.92 bits per heavy atom. The van der Waals surface area contributed by atoms with E-state index in [-0.39, 0.29) is 18.4 Å². The Labute approximate surface area is 152 Å². The minimum atomic E-state index is -0.540. The van der Waals surface area contributed by atoms with Gasteiger partial charge in [-0.05, 0) is 29.8 Å². The first-order valence-electron chi connectivity index (χ1n) is 8.41. The van der Waals surface area contributed by atoms with Crippen molar-refractivity contribution >= 4 is 17.5 Å². The number of anilines is 1. The average Bonchev–Trinajstić information content (AvgIpc) is 3.05. The van der Waals surface area contributed by atoms with Gasteiger partial charge in [0.2, 0.25) is 11.8 Å². The molecule has 6 heteroatoms. The highest BCUT2D eigenvalue weighted by Crippen LogP contribution is 2.32. The van der Waals surface area contributed by atoms with Gasteiger partial charge in [0.1, 0.15) is 17.5 Å². The number of fused-ring (bicyclic) bond motifs is 1. The number of benzene rings is 2. The summed E-state index contributed by atoms with van der Waals surface area (Å²) >= 11 is 0. The number of carbonyl (C=O) groups excluding carboxylic acids is 2. The molecule has 0 fully saturated rings. The summed E-state index contributed by atoms with van der Waals surface area (Å²) in [6, 6.07) is 12.5. The van der Waals surface area contributed by atoms with Crippen LogP contribution in [0.3, 0.4) is 0 Å². The van der Waals surface area contributed by atoms with Crippen LogP contribution in [0.5, 0.6) is 11.5 Å². The zero-order chi connectivity index (χ0) is 18.7. The zero-order valence-electron chi connectivity index (χ0n) is 15.1. The molecule has 1 heterocycles. The third-order valence-electron chi connectivity index (χ3n) is 4.56. The molecule has 0 aliphatic carbocycles. The van der Waals surface area contributed by atoms with Gasteiger partial charge in [-0.1, -0.05) is 18.2 Å². The maximum absolute atomic E-state index is 12.8. The Morgan fingerprint density at radius 1 is 1.15 bits per heavy atom. The average molecular weight is 354 g/mol. The van der Waals surface area contributed by atoms with Crippen LogP contribution in [-0.4, -0.2) is 32.1 Å². The highest BCUT2D eigenvalue weighted by Gasteiger charge is 2.36. The van der Waals surface area contributed by atoms with E-state index in [4.69, 9.17) is 9.47 Å². The highest BCUT2D eigenvalue weighted by atomic mass is 16.5. The van der Waals surface area contributed by atoms with Gasteiger partial charge in [0, 0.05) is 31.1 Å². The van der Waals surface area contributed by atoms with Crippen molar-refractivity contribution in [3.05, 3.63) is 53.6 Å². The number of rotatable bonds is 5. The molecule has 0 aromatic heterocycles. The first-order valence-corrected chi connectivity index (χ1v) is 8.41. The molecule has 3 rings (SSSR count). The number of para-hydroxylation sites is 1. The normalized spacial score (nSPS) is 15.3. The first-order chi connectivity index (χ1) is 12.5. The van der Waals surface area contributed by atoms with Crippen LogP contribution in [0, 0.1) is 0 Å². The van der Waals surface area contributed by atoms with Gasteiger partial charge in [-0.25, -0.2) is 0 Å². The van der Waals surface area contributed by atoms with Crippen LogP contribution in [-0.2, 0) is 22.6 Å². The Morgan fingerprint density at radius 3 is 2.62 bits per heavy atom. The molecule has 2 aromatic rings. The predicted molar refractivity (Wildman–Crippen MR) is 98.5 cm³/mol. The summed E-state index contributed by atoms with van der Waals surface area (Å²) < 4.78 is 10.6. The van der Waals surface area contributed by atoms with E-state index in [0.717, 1.165) is 16.8 Å². The van der Waals surface area contributed by atoms with E-state index >= 15 is 0 Å². The topological polar surface area (TPSA) is 67.9 Å². The first kappa shape index (κ1) is 17.8. The Balaban J connectivity index is 1.76. The van der Waals surface area contributed by atoms with Gasteiger partial charge in [0.25, 0.3) is 0 Å². The van der Waals surface area contributed by atoms with Crippen molar-refractivity contribution in [1.82, 2.24) is 5.32 Å². The number of amides is 2. The van der Waals surface area contributed by atoms with Crippen LogP contribution < -0.4 is 19.7 Å². The van der Waals surface area contributed by atoms with Gasteiger partial charge in [-0.2, -0.15) is 0 Å². The largest absolute Gasteiger partial charge is 0.497 e. The third kappa shape index (κ3) is 3.35. The third-order valence-corrected chi connectivity index (χ3v) is 4.56. The van der Waals surface area contributed by atoms with E-state index < -0.39 is 6.04 Å². The van der Waals surface area contributed by atoms with Crippen molar-refractivity contribution in [1.29, 1.82) is 0 Å². The van der Waals surface area contributed by atoms with Gasteiger partial charge in [0.05, 0.1) is 14.2 Å². The Kier molecular flexibility index (Phi) is 5.11. The van der Waals surface area contributed by atoms with Crippen molar-refractivity contribution in [3.63, 3.8) is 0 Å². The molecule has 0 bridgehead atoms. The number of nitrogens with one attached hydrogen (secondary N) is 1. The van der Waals surface area contributed by atoms with Crippen molar-refractivity contribution in [3.8, 4) is 11.5 Å². The van der Waals surface area contributed by atoms with Crippen molar-refractivity contribution < 1.29 is 19.1 Å². The molecular weight excluding hydrogens is 332 g/mol. The van der Waals surface area contributed by atoms with Gasteiger partial charge in [0.15, 0.2) is 0 Å². The SMILES string of the molecule is COc1ccc(OC)c(CNC(=O)C2Cc3ccccc3N2C(C)=O)c1. The maximum Gasteiger partial charge on any atom is 0.243 e. The lowest BCUT2D eigenvalue weighted by atomic mass is 10.1. The number of carbonyl (C=O) groups is 2. The minimum absolute atomic E-state index is 0.144. The monoisotopic (exact) mass is 354 g/mol. The second kappa shape index (κ2) is 7.47. The van der Waals surface area contributed by atoms with Crippen molar-refractivity contribution in [2.24, 2.45) is 0 Å². The number of hydrogen-bond acceptors (Lipinski definition) is 4. The van der Waals surface area contributed by atoms with Crippen LogP contribution >= 0.6 is 0 Å². The molecular formula is C20H22N2O4. The zero-order valence-corrected chi connectivity index (χ0v) is 15.1. The molecule has 136 valence electrons. The number of hydrogen-bond donors (Lipinski definition) is 1. The number of ether oxygens (including phenoxy) is 2. The summed E-state index contributed by atoms with van der Waals surface area (Å²) in [4.78, 5) is 26.4. The predicted octanol–water partition coefficient (Wildman–Crippen LogP) is 2.30. The van der Waals surface area contributed by atoms with Gasteiger partial charge in [-0.3, -0.25) is 14.5 Å². The smallest absolute Gasteiger partial charge is 0.243 e. The minimum Gasteiger partial charge on any atom is -0.497 e. The van der Waals surface area contributed by atoms with Crippen molar-refractivity contribution in [2.75, 3.05) is 19.1 Å². The summed E-state index contributed by atoms with van der Waals surface area (Å²) in [5, 5.41) is 2.92. The molecule has 1 atom stereocenters. The molecule has 2 amide bonds. The molecule has 0 spiro atoms. The molecule has 1 unspecified atom stereocenters. The highest BCUT2D eigenvalue weighted by molar-refractivity contribution is 6.02. The van der Waals surface area contributed by atoms with Crippen LogP contribution in [0.25, 0.3) is 0 Å². The second-order valence-electron chi connectivity index (χ2n) is 6.13. The molecule has 0 radical (unpaired) electrons. The van der Waals surface area contributed by atoms with Crippen molar-refractivity contribution in [2.45, 2.75) is 25.9 Å². The lowest BCUT2D eigenvalue weighted by Gasteiger charge is -2.23. The van der Waals surface area contributed by atoms with Gasteiger partial charge < -0.3 is 14.8 Å². The van der Waals surface area contributed by atoms with E-state index in [1.54, 1.807) is 31.3 Å². The van der Waals surface area contributed by atoms with Crippen LogP contribution in [0.15, 0.2) is 42.5 Å². The summed E-state index contributed by atoms with van der Waals surface area (Å²) in [5.41, 5.74) is 2.62. The molecule has 1 aliphatic heterocycles. The number of nitrogens with zero attached hydrogens (tertiary/aromatic N) is 1. The van der Waals surface area contributed by atoms with E-state index in [9.17, 15) is 9.59 Å². The fraction of sp³-hybridized carbons (Fsp3) is 0.300. The molecule has 0 saturated carbocycles. The fourth-order valence-corrected chi connectivity index (χ4v) is 3.31. The summed E-state index contributed by atoms with van der Waals surface area (Å²) in [5.74, 6) is 1.02. The Bertz CT molecular complexity index is 834. The summed E-state index contributed by atoms with van der Waals surface area (Å²) in [6.07, 6.45) is 0.511. The number of methoxy groups -OCH3 is 2. The van der Waals surface area contributed by atoms with Crippen LogP contribution in [0.1, 0.15) is 18.1 Å². The van der Waals surface area contributed by atoms with E-state index in [0.29, 0.717) is 17.9 Å². The second-order valence-corrected chi connectivity index (χ2v) is 6.13. The molecule has 0 saturated heterocycles. The molecule has 6 nitrogen and oxygen atoms in total. The standard InChI is InChI=1S/C20H22N2O4/c1-13(23)22-17-7-5-4-6-14(17)11-18(22)20(24)21-12-15-10-16(25-2)8-9-19(15)26-3/h4-10,18H,11-12H2,1-3H3,(H,21,24). The lowest BCUT2D eigenvalue weighted by Crippen LogP contribution is -2.47. The molecule has 1 aliphatic rings. The lowest BCUT2D eigenvalue weighted by molar-refractivity contribution is -0.125. The van der Waals surface area contributed by atoms with E-state index in [1.165, 1.54) is 6.92 Å². The molecule has 1 N–H and O–H groups in total.